The Morgan fingerprint density at radius 1 is 1.00 bits per heavy atom. The number of allylic oxidation sites excluding steroid dienone is 1. The minimum Gasteiger partial charge on any atom is -0.422 e. The number of fused-ring (bicyclic) bond motifs is 2. The molecule has 0 aliphatic carbocycles. The molecule has 0 saturated heterocycles. The second kappa shape index (κ2) is 8.99. The Morgan fingerprint density at radius 2 is 1.79 bits per heavy atom. The quantitative estimate of drug-likeness (QED) is 0.142. The van der Waals surface area contributed by atoms with Crippen molar-refractivity contribution < 1.29 is 9.53 Å². The molecule has 0 atom stereocenters. The second-order valence-corrected chi connectivity index (χ2v) is 9.15. The van der Waals surface area contributed by atoms with Crippen LogP contribution in [0.15, 0.2) is 89.4 Å². The number of thiazole rings is 1. The number of esters is 1. The van der Waals surface area contributed by atoms with Gasteiger partial charge in [-0.15, -0.1) is 11.3 Å². The van der Waals surface area contributed by atoms with Crippen LogP contribution in [-0.2, 0) is 0 Å². The van der Waals surface area contributed by atoms with Gasteiger partial charge in [-0.25, -0.2) is 9.78 Å². The van der Waals surface area contributed by atoms with Crippen LogP contribution in [0.4, 0.5) is 0 Å². The molecule has 5 aromatic rings. The molecule has 0 spiro atoms. The first-order chi connectivity index (χ1) is 16.1. The number of halogens is 1. The van der Waals surface area contributed by atoms with Crippen LogP contribution in [0.2, 0.25) is 0 Å². The van der Waals surface area contributed by atoms with Crippen LogP contribution in [0.25, 0.3) is 32.6 Å². The molecular weight excluding hydrogens is 496 g/mol. The summed E-state index contributed by atoms with van der Waals surface area (Å²) in [5, 5.41) is 12.2. The lowest BCUT2D eigenvalue weighted by Crippen LogP contribution is -2.09. The van der Waals surface area contributed by atoms with E-state index in [0.29, 0.717) is 26.4 Å². The molecule has 33 heavy (non-hydrogen) atoms. The predicted octanol–water partition coefficient (Wildman–Crippen LogP) is 7.50. The number of nitriles is 1. The summed E-state index contributed by atoms with van der Waals surface area (Å²) in [7, 11) is 0. The number of rotatable bonds is 4. The molecule has 5 rings (SSSR count). The molecule has 0 amide bonds. The smallest absolute Gasteiger partial charge is 0.344 e. The van der Waals surface area contributed by atoms with Crippen molar-refractivity contribution >= 4 is 65.9 Å². The van der Waals surface area contributed by atoms with Crippen molar-refractivity contribution in [3.63, 3.8) is 0 Å². The highest BCUT2D eigenvalue weighted by Crippen LogP contribution is 2.31. The zero-order valence-corrected chi connectivity index (χ0v) is 19.6. The van der Waals surface area contributed by atoms with E-state index >= 15 is 0 Å². The van der Waals surface area contributed by atoms with E-state index in [1.807, 2.05) is 66.7 Å². The van der Waals surface area contributed by atoms with Crippen LogP contribution in [0.3, 0.4) is 0 Å². The predicted molar refractivity (Wildman–Crippen MR) is 136 cm³/mol. The summed E-state index contributed by atoms with van der Waals surface area (Å²) in [5.41, 5.74) is 2.65. The molecule has 1 aromatic heterocycles. The Bertz CT molecular complexity index is 1560. The summed E-state index contributed by atoms with van der Waals surface area (Å²) < 4.78 is 7.32. The van der Waals surface area contributed by atoms with Crippen molar-refractivity contribution in [2.75, 3.05) is 0 Å². The summed E-state index contributed by atoms with van der Waals surface area (Å²) in [6.45, 7) is 0. The van der Waals surface area contributed by atoms with Gasteiger partial charge in [0.05, 0.1) is 25.8 Å². The van der Waals surface area contributed by atoms with Gasteiger partial charge in [-0.3, -0.25) is 0 Å². The number of hydrogen-bond acceptors (Lipinski definition) is 5. The molecule has 0 unspecified atom stereocenters. The molecule has 0 aliphatic rings. The van der Waals surface area contributed by atoms with E-state index in [0.717, 1.165) is 26.6 Å². The van der Waals surface area contributed by atoms with Crippen LogP contribution in [0.1, 0.15) is 20.9 Å². The third kappa shape index (κ3) is 4.29. The molecule has 4 nitrogen and oxygen atoms in total. The maximum atomic E-state index is 12.9. The van der Waals surface area contributed by atoms with Gasteiger partial charge in [-0.05, 0) is 68.7 Å². The largest absolute Gasteiger partial charge is 0.422 e. The number of aromatic nitrogens is 1. The number of hydrogen-bond donors (Lipinski definition) is 0. The van der Waals surface area contributed by atoms with Crippen LogP contribution >= 0.6 is 27.3 Å². The first-order valence-corrected chi connectivity index (χ1v) is 11.7. The van der Waals surface area contributed by atoms with Gasteiger partial charge >= 0.3 is 5.97 Å². The Morgan fingerprint density at radius 3 is 2.61 bits per heavy atom. The SMILES string of the molecule is N#CC(=Cc1ccc(OC(=O)c2cccc3ccccc23)c(Br)c1)c1nc2ccccc2s1. The van der Waals surface area contributed by atoms with Crippen molar-refractivity contribution in [2.24, 2.45) is 0 Å². The fraction of sp³-hybridized carbons (Fsp3) is 0. The van der Waals surface area contributed by atoms with Crippen molar-refractivity contribution in [3.05, 3.63) is 106 Å². The van der Waals surface area contributed by atoms with Gasteiger partial charge in [0.25, 0.3) is 0 Å². The van der Waals surface area contributed by atoms with Crippen molar-refractivity contribution in [1.29, 1.82) is 5.26 Å². The van der Waals surface area contributed by atoms with Gasteiger partial charge in [0.2, 0.25) is 0 Å². The molecule has 0 radical (unpaired) electrons. The van der Waals surface area contributed by atoms with Crippen LogP contribution in [-0.4, -0.2) is 11.0 Å². The Kier molecular flexibility index (Phi) is 5.74. The maximum Gasteiger partial charge on any atom is 0.344 e. The summed E-state index contributed by atoms with van der Waals surface area (Å²) in [6.07, 6.45) is 1.78. The minimum atomic E-state index is -0.428. The van der Waals surface area contributed by atoms with Gasteiger partial charge in [0, 0.05) is 0 Å². The van der Waals surface area contributed by atoms with Crippen LogP contribution in [0.5, 0.6) is 5.75 Å². The number of carbonyl (C=O) groups is 1. The lowest BCUT2D eigenvalue weighted by molar-refractivity contribution is 0.0735. The molecular formula is C27H15BrN2O2S. The Balaban J connectivity index is 1.42. The molecule has 0 bridgehead atoms. The van der Waals surface area contributed by atoms with Gasteiger partial charge in [-0.1, -0.05) is 54.6 Å². The Hall–Kier alpha value is -3.79. The maximum absolute atomic E-state index is 12.9. The molecule has 4 aromatic carbocycles. The summed E-state index contributed by atoms with van der Waals surface area (Å²) in [6, 6.07) is 28.6. The normalized spacial score (nSPS) is 11.5. The molecule has 1 heterocycles. The van der Waals surface area contributed by atoms with E-state index in [1.165, 1.54) is 11.3 Å². The molecule has 0 fully saturated rings. The Labute approximate surface area is 202 Å². The average Bonchev–Trinajstić information content (AvgIpc) is 3.28. The minimum absolute atomic E-state index is 0.406. The summed E-state index contributed by atoms with van der Waals surface area (Å²) in [4.78, 5) is 17.4. The molecule has 0 aliphatic heterocycles. The molecule has 0 N–H and O–H groups in total. The topological polar surface area (TPSA) is 63.0 Å². The number of carbonyl (C=O) groups excluding carboxylic acids is 1. The zero-order chi connectivity index (χ0) is 22.8. The van der Waals surface area contributed by atoms with Gasteiger partial charge in [0.15, 0.2) is 0 Å². The van der Waals surface area contributed by atoms with Crippen molar-refractivity contribution in [3.8, 4) is 11.8 Å². The number of ether oxygens (including phenoxy) is 1. The second-order valence-electron chi connectivity index (χ2n) is 7.26. The number of para-hydroxylation sites is 1. The van der Waals surface area contributed by atoms with E-state index in [4.69, 9.17) is 4.74 Å². The van der Waals surface area contributed by atoms with Crippen LogP contribution < -0.4 is 4.74 Å². The molecule has 6 heteroatoms. The first-order valence-electron chi connectivity index (χ1n) is 10.1. The number of nitrogens with zero attached hydrogens (tertiary/aromatic N) is 2. The highest BCUT2D eigenvalue weighted by molar-refractivity contribution is 9.10. The highest BCUT2D eigenvalue weighted by Gasteiger charge is 2.15. The lowest BCUT2D eigenvalue weighted by atomic mass is 10.0. The van der Waals surface area contributed by atoms with E-state index in [1.54, 1.807) is 24.3 Å². The van der Waals surface area contributed by atoms with Gasteiger partial charge in [-0.2, -0.15) is 5.26 Å². The first kappa shape index (κ1) is 21.1. The zero-order valence-electron chi connectivity index (χ0n) is 17.2. The van der Waals surface area contributed by atoms with Crippen LogP contribution in [0, 0.1) is 11.3 Å². The molecule has 0 saturated carbocycles. The van der Waals surface area contributed by atoms with E-state index in [9.17, 15) is 10.1 Å². The number of benzene rings is 4. The fourth-order valence-corrected chi connectivity index (χ4v) is 4.95. The fourth-order valence-electron chi connectivity index (χ4n) is 3.54. The molecule has 158 valence electrons. The average molecular weight is 511 g/mol. The third-order valence-corrected chi connectivity index (χ3v) is 6.81. The van der Waals surface area contributed by atoms with E-state index in [2.05, 4.69) is 27.0 Å². The summed E-state index contributed by atoms with van der Waals surface area (Å²) in [5.74, 6) is -0.0217. The summed E-state index contributed by atoms with van der Waals surface area (Å²) >= 11 is 4.97. The van der Waals surface area contributed by atoms with Gasteiger partial charge in [0.1, 0.15) is 16.8 Å². The van der Waals surface area contributed by atoms with Crippen molar-refractivity contribution in [2.45, 2.75) is 0 Å². The highest BCUT2D eigenvalue weighted by atomic mass is 79.9. The van der Waals surface area contributed by atoms with E-state index < -0.39 is 5.97 Å². The van der Waals surface area contributed by atoms with Gasteiger partial charge < -0.3 is 4.74 Å². The van der Waals surface area contributed by atoms with E-state index in [-0.39, 0.29) is 0 Å². The standard InChI is InChI=1S/C27H15BrN2O2S/c28-22-15-17(14-19(16-29)26-30-23-10-3-4-11-25(23)33-26)12-13-24(22)32-27(31)21-9-5-7-18-6-1-2-8-20(18)21/h1-15H. The third-order valence-electron chi connectivity index (χ3n) is 5.12. The van der Waals surface area contributed by atoms with Crippen molar-refractivity contribution in [1.82, 2.24) is 4.98 Å². The lowest BCUT2D eigenvalue weighted by Gasteiger charge is -2.09. The monoisotopic (exact) mass is 510 g/mol.